The number of aryl methyl sites for hydroxylation is 1. The van der Waals surface area contributed by atoms with Crippen LogP contribution in [0, 0.1) is 10.8 Å². The van der Waals surface area contributed by atoms with Gasteiger partial charge in [-0.2, -0.15) is 0 Å². The van der Waals surface area contributed by atoms with Crippen LogP contribution in [0.1, 0.15) is 24.0 Å². The van der Waals surface area contributed by atoms with E-state index in [2.05, 4.69) is 43.3 Å². The van der Waals surface area contributed by atoms with Crippen molar-refractivity contribution < 1.29 is 0 Å². The highest BCUT2D eigenvalue weighted by atomic mass is 32.2. The molecule has 1 aromatic carbocycles. The van der Waals surface area contributed by atoms with Crippen molar-refractivity contribution in [3.05, 3.63) is 35.4 Å². The number of thioether (sulfide) groups is 2. The van der Waals surface area contributed by atoms with Crippen molar-refractivity contribution in [3.63, 3.8) is 0 Å². The second kappa shape index (κ2) is 11.4. The first-order valence-electron chi connectivity index (χ1n) is 8.07. The molecule has 0 unspecified atom stereocenters. The van der Waals surface area contributed by atoms with Gasteiger partial charge < -0.3 is 16.4 Å². The van der Waals surface area contributed by atoms with Crippen LogP contribution >= 0.6 is 23.5 Å². The first-order chi connectivity index (χ1) is 11.4. The van der Waals surface area contributed by atoms with E-state index in [4.69, 9.17) is 22.3 Å². The van der Waals surface area contributed by atoms with Crippen LogP contribution in [0.2, 0.25) is 0 Å². The molecule has 1 aromatic rings. The largest absolute Gasteiger partial charge is 0.379 e. The Morgan fingerprint density at radius 1 is 1.08 bits per heavy atom. The molecule has 0 saturated carbocycles. The van der Waals surface area contributed by atoms with E-state index in [0.29, 0.717) is 5.25 Å². The van der Waals surface area contributed by atoms with Gasteiger partial charge in [0.2, 0.25) is 0 Å². The quantitative estimate of drug-likeness (QED) is 0.376. The fourth-order valence-corrected chi connectivity index (χ4v) is 3.88. The zero-order valence-corrected chi connectivity index (χ0v) is 16.2. The third-order valence-electron chi connectivity index (χ3n) is 3.56. The minimum absolute atomic E-state index is 0.174. The molecular weight excluding hydrogens is 338 g/mol. The molecule has 134 valence electrons. The number of nitrogens with zero attached hydrogens (tertiary/aromatic N) is 1. The summed E-state index contributed by atoms with van der Waals surface area (Å²) in [7, 11) is 4.16. The summed E-state index contributed by atoms with van der Waals surface area (Å²) in [5.74, 6) is 0.835. The molecule has 0 bridgehead atoms. The Bertz CT molecular complexity index is 516. The van der Waals surface area contributed by atoms with E-state index in [1.54, 1.807) is 0 Å². The Morgan fingerprint density at radius 3 is 2.25 bits per heavy atom. The molecule has 1 rings (SSSR count). The van der Waals surface area contributed by atoms with Crippen LogP contribution in [0.25, 0.3) is 0 Å². The SMILES string of the molecule is CN(C)CCC[C@H](Cc1ccc(CCSC(=N)N)cc1)SC(=N)N. The minimum Gasteiger partial charge on any atom is -0.379 e. The van der Waals surface area contributed by atoms with Crippen molar-refractivity contribution in [2.24, 2.45) is 11.5 Å². The van der Waals surface area contributed by atoms with E-state index in [-0.39, 0.29) is 10.3 Å². The molecule has 0 amide bonds. The number of hydrogen-bond donors (Lipinski definition) is 4. The summed E-state index contributed by atoms with van der Waals surface area (Å²) >= 11 is 2.84. The van der Waals surface area contributed by atoms with Crippen molar-refractivity contribution in [2.45, 2.75) is 30.9 Å². The average molecular weight is 368 g/mol. The first-order valence-corrected chi connectivity index (χ1v) is 9.93. The Balaban J connectivity index is 2.52. The van der Waals surface area contributed by atoms with Crippen LogP contribution in [0.4, 0.5) is 0 Å². The maximum atomic E-state index is 7.56. The number of hydrogen-bond acceptors (Lipinski definition) is 5. The van der Waals surface area contributed by atoms with Crippen molar-refractivity contribution in [1.82, 2.24) is 4.90 Å². The van der Waals surface area contributed by atoms with E-state index < -0.39 is 0 Å². The third-order valence-corrected chi connectivity index (χ3v) is 5.27. The molecule has 5 nitrogen and oxygen atoms in total. The van der Waals surface area contributed by atoms with Gasteiger partial charge in [-0.05, 0) is 57.5 Å². The molecule has 0 saturated heterocycles. The molecule has 24 heavy (non-hydrogen) atoms. The van der Waals surface area contributed by atoms with Gasteiger partial charge in [0.05, 0.1) is 0 Å². The Morgan fingerprint density at radius 2 is 1.71 bits per heavy atom. The molecule has 6 N–H and O–H groups in total. The second-order valence-corrected chi connectivity index (χ2v) is 8.51. The van der Waals surface area contributed by atoms with Crippen LogP contribution in [0.15, 0.2) is 24.3 Å². The maximum absolute atomic E-state index is 7.56. The topological polar surface area (TPSA) is 103 Å². The number of rotatable bonds is 10. The normalized spacial score (nSPS) is 12.3. The van der Waals surface area contributed by atoms with E-state index in [9.17, 15) is 0 Å². The van der Waals surface area contributed by atoms with Crippen LogP contribution in [-0.2, 0) is 12.8 Å². The van der Waals surface area contributed by atoms with Crippen LogP contribution in [0.5, 0.6) is 0 Å². The van der Waals surface area contributed by atoms with Crippen molar-refractivity contribution >= 4 is 33.9 Å². The van der Waals surface area contributed by atoms with Crippen molar-refractivity contribution in [2.75, 3.05) is 26.4 Å². The summed E-state index contributed by atoms with van der Waals surface area (Å²) in [5.41, 5.74) is 13.5. The van der Waals surface area contributed by atoms with E-state index in [0.717, 1.165) is 38.0 Å². The molecule has 0 aliphatic heterocycles. The molecule has 7 heteroatoms. The molecular formula is C17H29N5S2. The van der Waals surface area contributed by atoms with Crippen molar-refractivity contribution in [3.8, 4) is 0 Å². The number of nitrogens with one attached hydrogen (secondary N) is 2. The lowest BCUT2D eigenvalue weighted by molar-refractivity contribution is 0.393. The van der Waals surface area contributed by atoms with Gasteiger partial charge in [0, 0.05) is 11.0 Å². The highest BCUT2D eigenvalue weighted by Gasteiger charge is 2.12. The van der Waals surface area contributed by atoms with Crippen molar-refractivity contribution in [1.29, 1.82) is 10.8 Å². The van der Waals surface area contributed by atoms with E-state index in [1.165, 1.54) is 34.7 Å². The Labute approximate surface area is 154 Å². The summed E-state index contributed by atoms with van der Waals surface area (Å²) in [5, 5.41) is 15.5. The lowest BCUT2D eigenvalue weighted by Gasteiger charge is -2.17. The van der Waals surface area contributed by atoms with Gasteiger partial charge in [-0.25, -0.2) is 0 Å². The zero-order chi connectivity index (χ0) is 17.9. The lowest BCUT2D eigenvalue weighted by Crippen LogP contribution is -2.18. The van der Waals surface area contributed by atoms with Gasteiger partial charge in [0.25, 0.3) is 0 Å². The summed E-state index contributed by atoms with van der Waals surface area (Å²) in [6.07, 6.45) is 4.01. The Hall–Kier alpha value is -1.18. The van der Waals surface area contributed by atoms with Gasteiger partial charge >= 0.3 is 0 Å². The summed E-state index contributed by atoms with van der Waals surface area (Å²) < 4.78 is 0. The van der Waals surface area contributed by atoms with E-state index >= 15 is 0 Å². The van der Waals surface area contributed by atoms with Gasteiger partial charge in [-0.3, -0.25) is 10.8 Å². The van der Waals surface area contributed by atoms with Crippen LogP contribution < -0.4 is 11.5 Å². The third kappa shape index (κ3) is 9.85. The van der Waals surface area contributed by atoms with Gasteiger partial charge in [0.1, 0.15) is 0 Å². The molecule has 0 aliphatic rings. The molecule has 0 aromatic heterocycles. The first kappa shape index (κ1) is 20.9. The fourth-order valence-electron chi connectivity index (χ4n) is 2.40. The Kier molecular flexibility index (Phi) is 9.90. The highest BCUT2D eigenvalue weighted by Crippen LogP contribution is 2.21. The molecule has 0 radical (unpaired) electrons. The number of nitrogens with two attached hydrogens (primary N) is 2. The molecule has 1 atom stereocenters. The number of amidine groups is 2. The standard InChI is InChI=1S/C17H29N5S2/c1-22(2)10-3-4-15(24-17(20)21)12-14-7-5-13(6-8-14)9-11-23-16(18)19/h5-8,15H,3-4,9-12H2,1-2H3,(H3,18,19)(H3,20,21)/t15-/m1/s1. The predicted molar refractivity (Wildman–Crippen MR) is 109 cm³/mol. The van der Waals surface area contributed by atoms with E-state index in [1.807, 2.05) is 0 Å². The monoisotopic (exact) mass is 367 g/mol. The predicted octanol–water partition coefficient (Wildman–Crippen LogP) is 2.74. The van der Waals surface area contributed by atoms with Crippen LogP contribution in [0.3, 0.4) is 0 Å². The summed E-state index contributed by atoms with van der Waals surface area (Å²) in [6.45, 7) is 1.06. The smallest absolute Gasteiger partial charge is 0.151 e. The fraction of sp³-hybridized carbons (Fsp3) is 0.529. The minimum atomic E-state index is 0.174. The molecule has 0 fully saturated rings. The maximum Gasteiger partial charge on any atom is 0.151 e. The molecule has 0 heterocycles. The molecule has 0 spiro atoms. The van der Waals surface area contributed by atoms with Gasteiger partial charge in [-0.15, -0.1) is 0 Å². The lowest BCUT2D eigenvalue weighted by atomic mass is 10.0. The molecule has 0 aliphatic carbocycles. The second-order valence-electron chi connectivity index (χ2n) is 6.03. The summed E-state index contributed by atoms with van der Waals surface area (Å²) in [6, 6.07) is 8.61. The van der Waals surface area contributed by atoms with Gasteiger partial charge in [-0.1, -0.05) is 47.8 Å². The highest BCUT2D eigenvalue weighted by molar-refractivity contribution is 8.14. The number of benzene rings is 1. The van der Waals surface area contributed by atoms with Crippen LogP contribution in [-0.4, -0.2) is 46.9 Å². The van der Waals surface area contributed by atoms with Gasteiger partial charge in [0.15, 0.2) is 10.3 Å². The summed E-state index contributed by atoms with van der Waals surface area (Å²) in [4.78, 5) is 2.18. The zero-order valence-electron chi connectivity index (χ0n) is 14.5. The average Bonchev–Trinajstić information content (AvgIpc) is 2.47.